The summed E-state index contributed by atoms with van der Waals surface area (Å²) in [7, 11) is -3.23. The zero-order chi connectivity index (χ0) is 15.7. The van der Waals surface area contributed by atoms with Gasteiger partial charge in [-0.3, -0.25) is 4.79 Å². The lowest BCUT2D eigenvalue weighted by Crippen LogP contribution is -2.46. The van der Waals surface area contributed by atoms with Gasteiger partial charge in [-0.2, -0.15) is 0 Å². The van der Waals surface area contributed by atoms with Gasteiger partial charge in [0, 0.05) is 17.7 Å². The topological polar surface area (TPSA) is 63.7 Å². The maximum absolute atomic E-state index is 12.8. The van der Waals surface area contributed by atoms with Crippen molar-refractivity contribution >= 4 is 21.4 Å². The summed E-state index contributed by atoms with van der Waals surface area (Å²) in [4.78, 5) is 14.4. The van der Waals surface area contributed by atoms with Crippen LogP contribution in [0.4, 0.5) is 5.69 Å². The van der Waals surface area contributed by atoms with Gasteiger partial charge in [-0.25, -0.2) is 8.42 Å². The van der Waals surface area contributed by atoms with E-state index in [1.807, 2.05) is 31.2 Å². The molecule has 2 heterocycles. The Morgan fingerprint density at radius 1 is 1.27 bits per heavy atom. The molecular formula is C16H19NO4S. The SMILES string of the molecule is Cc1ccc(N(C(=O)[C@H]2CCCO2)[C@H]2C=CS(=O)(=O)C2)cc1. The number of amides is 1. The van der Waals surface area contributed by atoms with Crippen LogP contribution in [0.2, 0.25) is 0 Å². The van der Waals surface area contributed by atoms with Crippen LogP contribution < -0.4 is 4.90 Å². The first kappa shape index (κ1) is 15.2. The molecule has 3 rings (SSSR count). The second kappa shape index (κ2) is 5.85. The van der Waals surface area contributed by atoms with E-state index in [4.69, 9.17) is 4.74 Å². The molecule has 1 aromatic carbocycles. The summed E-state index contributed by atoms with van der Waals surface area (Å²) in [5.41, 5.74) is 1.79. The molecule has 2 aliphatic heterocycles. The predicted molar refractivity (Wildman–Crippen MR) is 84.4 cm³/mol. The summed E-state index contributed by atoms with van der Waals surface area (Å²) in [5.74, 6) is -0.229. The van der Waals surface area contributed by atoms with Gasteiger partial charge in [-0.15, -0.1) is 0 Å². The van der Waals surface area contributed by atoms with Gasteiger partial charge < -0.3 is 9.64 Å². The molecule has 0 radical (unpaired) electrons. The molecule has 0 bridgehead atoms. The maximum atomic E-state index is 12.8. The van der Waals surface area contributed by atoms with Gasteiger partial charge in [0.25, 0.3) is 5.91 Å². The van der Waals surface area contributed by atoms with Crippen LogP contribution in [0.15, 0.2) is 35.7 Å². The molecule has 1 fully saturated rings. The first-order valence-corrected chi connectivity index (χ1v) is 9.10. The third-order valence-electron chi connectivity index (χ3n) is 4.00. The fourth-order valence-corrected chi connectivity index (χ4v) is 4.10. The van der Waals surface area contributed by atoms with Crippen molar-refractivity contribution in [3.05, 3.63) is 41.3 Å². The molecule has 2 aliphatic rings. The summed E-state index contributed by atoms with van der Waals surface area (Å²) in [6, 6.07) is 7.06. The second-order valence-electron chi connectivity index (χ2n) is 5.77. The number of rotatable bonds is 3. The average Bonchev–Trinajstić information content (AvgIpc) is 3.11. The molecule has 0 spiro atoms. The molecular weight excluding hydrogens is 302 g/mol. The van der Waals surface area contributed by atoms with Crippen molar-refractivity contribution in [2.75, 3.05) is 17.3 Å². The van der Waals surface area contributed by atoms with Crippen LogP contribution in [0.3, 0.4) is 0 Å². The number of carbonyl (C=O) groups is 1. The highest BCUT2D eigenvalue weighted by Crippen LogP contribution is 2.26. The second-order valence-corrected chi connectivity index (χ2v) is 7.70. The Bertz CT molecular complexity index is 687. The molecule has 2 atom stereocenters. The van der Waals surface area contributed by atoms with Gasteiger partial charge in [0.05, 0.1) is 11.8 Å². The Balaban J connectivity index is 1.93. The van der Waals surface area contributed by atoms with E-state index in [1.54, 1.807) is 11.0 Å². The summed E-state index contributed by atoms with van der Waals surface area (Å²) >= 11 is 0. The Hall–Kier alpha value is -1.66. The lowest BCUT2D eigenvalue weighted by molar-refractivity contribution is -0.127. The van der Waals surface area contributed by atoms with E-state index >= 15 is 0 Å². The molecule has 0 aliphatic carbocycles. The fourth-order valence-electron chi connectivity index (χ4n) is 2.84. The van der Waals surface area contributed by atoms with Gasteiger partial charge in [-0.05, 0) is 38.0 Å². The van der Waals surface area contributed by atoms with E-state index in [1.165, 1.54) is 5.41 Å². The van der Waals surface area contributed by atoms with Crippen LogP contribution in [-0.4, -0.2) is 38.8 Å². The molecule has 118 valence electrons. The predicted octanol–water partition coefficient (Wildman–Crippen LogP) is 1.82. The molecule has 0 aromatic heterocycles. The van der Waals surface area contributed by atoms with Gasteiger partial charge >= 0.3 is 0 Å². The zero-order valence-electron chi connectivity index (χ0n) is 12.4. The highest BCUT2D eigenvalue weighted by molar-refractivity contribution is 7.94. The fraction of sp³-hybridized carbons (Fsp3) is 0.438. The minimum Gasteiger partial charge on any atom is -0.368 e. The number of hydrogen-bond donors (Lipinski definition) is 0. The number of nitrogens with zero attached hydrogens (tertiary/aromatic N) is 1. The Kier molecular flexibility index (Phi) is 4.06. The van der Waals surface area contributed by atoms with Gasteiger partial charge in [0.1, 0.15) is 6.10 Å². The Morgan fingerprint density at radius 3 is 2.55 bits per heavy atom. The molecule has 1 aromatic rings. The first-order chi connectivity index (χ1) is 10.5. The summed E-state index contributed by atoms with van der Waals surface area (Å²) in [5, 5.41) is 1.20. The van der Waals surface area contributed by atoms with Crippen LogP contribution in [-0.2, 0) is 19.4 Å². The minimum absolute atomic E-state index is 0.0701. The molecule has 5 nitrogen and oxygen atoms in total. The summed E-state index contributed by atoms with van der Waals surface area (Å²) in [6.07, 6.45) is 2.65. The lowest BCUT2D eigenvalue weighted by atomic mass is 10.1. The first-order valence-electron chi connectivity index (χ1n) is 7.38. The van der Waals surface area contributed by atoms with Gasteiger partial charge in [0.2, 0.25) is 0 Å². The number of aryl methyl sites for hydroxylation is 1. The van der Waals surface area contributed by atoms with E-state index < -0.39 is 22.0 Å². The van der Waals surface area contributed by atoms with Crippen LogP contribution in [0.5, 0.6) is 0 Å². The van der Waals surface area contributed by atoms with Crippen LogP contribution >= 0.6 is 0 Å². The third-order valence-corrected chi connectivity index (χ3v) is 5.38. The number of ether oxygens (including phenoxy) is 1. The molecule has 0 N–H and O–H groups in total. The number of hydrogen-bond acceptors (Lipinski definition) is 4. The van der Waals surface area contributed by atoms with Crippen molar-refractivity contribution in [3.8, 4) is 0 Å². The van der Waals surface area contributed by atoms with E-state index in [-0.39, 0.29) is 11.7 Å². The van der Waals surface area contributed by atoms with Crippen LogP contribution in [0.1, 0.15) is 18.4 Å². The number of sulfone groups is 1. The monoisotopic (exact) mass is 321 g/mol. The molecule has 22 heavy (non-hydrogen) atoms. The summed E-state index contributed by atoms with van der Waals surface area (Å²) < 4.78 is 28.9. The smallest absolute Gasteiger partial charge is 0.256 e. The normalized spacial score (nSPS) is 26.2. The number of carbonyl (C=O) groups excluding carboxylic acids is 1. The molecule has 0 saturated carbocycles. The van der Waals surface area contributed by atoms with Crippen molar-refractivity contribution in [2.45, 2.75) is 31.9 Å². The summed E-state index contributed by atoms with van der Waals surface area (Å²) in [6.45, 7) is 2.55. The molecule has 1 amide bonds. The van der Waals surface area contributed by atoms with Crippen LogP contribution in [0, 0.1) is 6.92 Å². The van der Waals surface area contributed by atoms with E-state index in [9.17, 15) is 13.2 Å². The standard InChI is InChI=1S/C16H19NO4S/c1-12-4-6-13(7-5-12)17(14-8-10-22(19,20)11-14)16(18)15-3-2-9-21-15/h4-8,10,14-15H,2-3,9,11H2,1H3/t14-,15+/m0/s1. The van der Waals surface area contributed by atoms with Crippen molar-refractivity contribution in [1.82, 2.24) is 0 Å². The highest BCUT2D eigenvalue weighted by Gasteiger charge is 2.36. The maximum Gasteiger partial charge on any atom is 0.256 e. The van der Waals surface area contributed by atoms with Gasteiger partial charge in [-0.1, -0.05) is 17.7 Å². The zero-order valence-corrected chi connectivity index (χ0v) is 13.3. The molecule has 0 unspecified atom stereocenters. The third kappa shape index (κ3) is 3.08. The van der Waals surface area contributed by atoms with E-state index in [0.717, 1.165) is 12.0 Å². The molecule has 1 saturated heterocycles. The largest absolute Gasteiger partial charge is 0.368 e. The van der Waals surface area contributed by atoms with E-state index in [0.29, 0.717) is 18.7 Å². The van der Waals surface area contributed by atoms with Gasteiger partial charge in [0.15, 0.2) is 9.84 Å². The Labute approximate surface area is 130 Å². The Morgan fingerprint density at radius 2 is 2.00 bits per heavy atom. The highest BCUT2D eigenvalue weighted by atomic mass is 32.2. The van der Waals surface area contributed by atoms with Crippen LogP contribution in [0.25, 0.3) is 0 Å². The molecule has 6 heteroatoms. The minimum atomic E-state index is -3.23. The number of anilines is 1. The van der Waals surface area contributed by atoms with Crippen molar-refractivity contribution in [3.63, 3.8) is 0 Å². The van der Waals surface area contributed by atoms with Crippen molar-refractivity contribution < 1.29 is 17.9 Å². The van der Waals surface area contributed by atoms with E-state index in [2.05, 4.69) is 0 Å². The number of benzene rings is 1. The average molecular weight is 321 g/mol. The van der Waals surface area contributed by atoms with Crippen molar-refractivity contribution in [1.29, 1.82) is 0 Å². The lowest BCUT2D eigenvalue weighted by Gasteiger charge is -2.29. The quantitative estimate of drug-likeness (QED) is 0.852. The van der Waals surface area contributed by atoms with Crippen molar-refractivity contribution in [2.24, 2.45) is 0 Å².